The largest absolute Gasteiger partial charge is 0.396 e. The highest BCUT2D eigenvalue weighted by Crippen LogP contribution is 2.34. The summed E-state index contributed by atoms with van der Waals surface area (Å²) in [5, 5.41) is 8.37. The first kappa shape index (κ1) is 13.1. The molecule has 0 saturated heterocycles. The first-order valence-corrected chi connectivity index (χ1v) is 5.34. The van der Waals surface area contributed by atoms with Gasteiger partial charge < -0.3 is 5.11 Å². The summed E-state index contributed by atoms with van der Waals surface area (Å²) in [7, 11) is 0. The van der Waals surface area contributed by atoms with Gasteiger partial charge in [-0.3, -0.25) is 0 Å². The third-order valence-corrected chi connectivity index (χ3v) is 2.21. The summed E-state index contributed by atoms with van der Waals surface area (Å²) < 4.78 is -1.26. The minimum Gasteiger partial charge on any atom is -0.396 e. The van der Waals surface area contributed by atoms with Crippen molar-refractivity contribution in [3.8, 4) is 0 Å². The first-order valence-electron chi connectivity index (χ1n) is 3.77. The Morgan fingerprint density at radius 3 is 2.17 bits per heavy atom. The molecule has 5 heteroatoms. The van der Waals surface area contributed by atoms with E-state index in [9.17, 15) is 0 Å². The lowest BCUT2D eigenvalue weighted by molar-refractivity contribution is 0.282. The summed E-state index contributed by atoms with van der Waals surface area (Å²) in [5.41, 5.74) is 0. The van der Waals surface area contributed by atoms with E-state index < -0.39 is 3.79 Å². The highest BCUT2D eigenvalue weighted by molar-refractivity contribution is 6.67. The summed E-state index contributed by atoms with van der Waals surface area (Å²) in [6, 6.07) is 0. The van der Waals surface area contributed by atoms with Crippen LogP contribution in [0, 0.1) is 0 Å². The molecule has 0 aliphatic heterocycles. The van der Waals surface area contributed by atoms with Crippen molar-refractivity contribution in [1.29, 1.82) is 0 Å². The molecule has 0 saturated carbocycles. The normalized spacial score (nSPS) is 14.8. The molecule has 0 radical (unpaired) electrons. The Balaban J connectivity index is 3.40. The molecule has 0 heterocycles. The molecule has 1 unspecified atom stereocenters. The van der Waals surface area contributed by atoms with Gasteiger partial charge in [0.05, 0.1) is 0 Å². The molecule has 0 aliphatic rings. The van der Waals surface area contributed by atoms with E-state index >= 15 is 0 Å². The van der Waals surface area contributed by atoms with Crippen LogP contribution in [0.1, 0.15) is 25.7 Å². The van der Waals surface area contributed by atoms with E-state index in [4.69, 9.17) is 51.5 Å². The number of alkyl halides is 4. The van der Waals surface area contributed by atoms with Crippen LogP contribution in [0.2, 0.25) is 0 Å². The summed E-state index contributed by atoms with van der Waals surface area (Å²) in [4.78, 5) is 0. The van der Waals surface area contributed by atoms with Crippen LogP contribution < -0.4 is 0 Å². The third kappa shape index (κ3) is 9.21. The zero-order valence-electron chi connectivity index (χ0n) is 6.57. The maximum atomic E-state index is 8.49. The van der Waals surface area contributed by atoms with E-state index in [1.165, 1.54) is 0 Å². The van der Waals surface area contributed by atoms with Crippen LogP contribution in [-0.4, -0.2) is 20.9 Å². The van der Waals surface area contributed by atoms with Gasteiger partial charge in [-0.2, -0.15) is 0 Å². The number of aliphatic hydroxyl groups excluding tert-OH is 1. The van der Waals surface area contributed by atoms with Crippen molar-refractivity contribution in [3.05, 3.63) is 0 Å². The highest BCUT2D eigenvalue weighted by Gasteiger charge is 2.23. The lowest BCUT2D eigenvalue weighted by Crippen LogP contribution is -2.11. The van der Waals surface area contributed by atoms with Crippen molar-refractivity contribution >= 4 is 46.4 Å². The van der Waals surface area contributed by atoms with Gasteiger partial charge in [-0.05, 0) is 19.3 Å². The predicted octanol–water partition coefficient (Wildman–Crippen LogP) is 3.52. The van der Waals surface area contributed by atoms with Gasteiger partial charge in [0.2, 0.25) is 0 Å². The Kier molecular flexibility index (Phi) is 7.17. The SMILES string of the molecule is OCCCCC(Cl)CC(Cl)(Cl)Cl. The van der Waals surface area contributed by atoms with Crippen molar-refractivity contribution in [2.75, 3.05) is 6.61 Å². The van der Waals surface area contributed by atoms with Crippen LogP contribution in [0.5, 0.6) is 0 Å². The highest BCUT2D eigenvalue weighted by atomic mass is 35.6. The fourth-order valence-corrected chi connectivity index (χ4v) is 2.01. The number of hydrogen-bond acceptors (Lipinski definition) is 1. The Morgan fingerprint density at radius 2 is 1.75 bits per heavy atom. The van der Waals surface area contributed by atoms with Gasteiger partial charge in [-0.25, -0.2) is 0 Å². The van der Waals surface area contributed by atoms with Crippen LogP contribution in [0.15, 0.2) is 0 Å². The molecule has 0 amide bonds. The second kappa shape index (κ2) is 6.56. The number of rotatable bonds is 5. The molecule has 0 aromatic rings. The summed E-state index contributed by atoms with van der Waals surface area (Å²) >= 11 is 22.5. The number of unbranched alkanes of at least 4 members (excludes halogenated alkanes) is 1. The van der Waals surface area contributed by atoms with Crippen LogP contribution in [0.4, 0.5) is 0 Å². The Morgan fingerprint density at radius 1 is 1.17 bits per heavy atom. The lowest BCUT2D eigenvalue weighted by atomic mass is 10.1. The first-order chi connectivity index (χ1) is 5.45. The maximum absolute atomic E-state index is 8.49. The monoisotopic (exact) mass is 252 g/mol. The van der Waals surface area contributed by atoms with Gasteiger partial charge in [0.25, 0.3) is 0 Å². The van der Waals surface area contributed by atoms with Crippen LogP contribution >= 0.6 is 46.4 Å². The fourth-order valence-electron chi connectivity index (χ4n) is 0.831. The fraction of sp³-hybridized carbons (Fsp3) is 1.00. The molecular weight excluding hydrogens is 242 g/mol. The van der Waals surface area contributed by atoms with Gasteiger partial charge in [-0.15, -0.1) is 11.6 Å². The Hall–Kier alpha value is 1.12. The number of halogens is 4. The molecular formula is C7H12Cl4O. The molecule has 0 aromatic carbocycles. The second-order valence-electron chi connectivity index (χ2n) is 2.64. The molecule has 1 atom stereocenters. The molecule has 0 rings (SSSR count). The molecule has 1 N–H and O–H groups in total. The molecule has 1 nitrogen and oxygen atoms in total. The molecule has 12 heavy (non-hydrogen) atoms. The minimum absolute atomic E-state index is 0.121. The van der Waals surface area contributed by atoms with E-state index in [1.54, 1.807) is 0 Å². The maximum Gasteiger partial charge on any atom is 0.192 e. The van der Waals surface area contributed by atoms with Crippen LogP contribution in [0.25, 0.3) is 0 Å². The topological polar surface area (TPSA) is 20.2 Å². The predicted molar refractivity (Wildman–Crippen MR) is 55.5 cm³/mol. The summed E-state index contributed by atoms with van der Waals surface area (Å²) in [6.07, 6.45) is 2.75. The molecule has 0 fully saturated rings. The van der Waals surface area contributed by atoms with E-state index in [2.05, 4.69) is 0 Å². The van der Waals surface area contributed by atoms with Crippen molar-refractivity contribution in [2.45, 2.75) is 34.9 Å². The second-order valence-corrected chi connectivity index (χ2v) is 5.77. The lowest BCUT2D eigenvalue weighted by Gasteiger charge is -2.14. The summed E-state index contributed by atoms with van der Waals surface area (Å²) in [5.74, 6) is 0. The van der Waals surface area contributed by atoms with Gasteiger partial charge in [0, 0.05) is 18.4 Å². The molecule has 0 spiro atoms. The molecule has 0 bridgehead atoms. The number of aliphatic hydroxyl groups is 1. The van der Waals surface area contributed by atoms with E-state index in [0.29, 0.717) is 6.42 Å². The third-order valence-electron chi connectivity index (χ3n) is 1.38. The van der Waals surface area contributed by atoms with Crippen molar-refractivity contribution in [1.82, 2.24) is 0 Å². The standard InChI is InChI=1S/C7H12Cl4O/c8-6(3-1-2-4-12)5-7(9,10)11/h6,12H,1-5H2. The Labute approximate surface area is 92.9 Å². The van der Waals surface area contributed by atoms with Gasteiger partial charge in [0.1, 0.15) is 0 Å². The summed E-state index contributed by atoms with van der Waals surface area (Å²) in [6.45, 7) is 0.192. The average Bonchev–Trinajstić information content (AvgIpc) is 1.84. The zero-order chi connectivity index (χ0) is 9.61. The quantitative estimate of drug-likeness (QED) is 0.587. The average molecular weight is 254 g/mol. The molecule has 0 aliphatic carbocycles. The van der Waals surface area contributed by atoms with Gasteiger partial charge in [-0.1, -0.05) is 34.8 Å². The zero-order valence-corrected chi connectivity index (χ0v) is 9.60. The van der Waals surface area contributed by atoms with E-state index in [0.717, 1.165) is 19.3 Å². The van der Waals surface area contributed by atoms with Crippen LogP contribution in [-0.2, 0) is 0 Å². The minimum atomic E-state index is -1.26. The van der Waals surface area contributed by atoms with Crippen LogP contribution in [0.3, 0.4) is 0 Å². The van der Waals surface area contributed by atoms with E-state index in [-0.39, 0.29) is 12.0 Å². The van der Waals surface area contributed by atoms with Crippen molar-refractivity contribution < 1.29 is 5.11 Å². The Bertz CT molecular complexity index is 112. The van der Waals surface area contributed by atoms with Crippen molar-refractivity contribution in [2.24, 2.45) is 0 Å². The van der Waals surface area contributed by atoms with Gasteiger partial charge in [0.15, 0.2) is 3.79 Å². The van der Waals surface area contributed by atoms with E-state index in [1.807, 2.05) is 0 Å². The molecule has 74 valence electrons. The van der Waals surface area contributed by atoms with Gasteiger partial charge >= 0.3 is 0 Å². The van der Waals surface area contributed by atoms with Crippen molar-refractivity contribution in [3.63, 3.8) is 0 Å². The molecule has 0 aromatic heterocycles. The smallest absolute Gasteiger partial charge is 0.192 e. The number of hydrogen-bond donors (Lipinski definition) is 1.